The van der Waals surface area contributed by atoms with Crippen molar-refractivity contribution in [3.05, 3.63) is 28.2 Å². The highest BCUT2D eigenvalue weighted by molar-refractivity contribution is 9.10. The molecule has 1 fully saturated rings. The summed E-state index contributed by atoms with van der Waals surface area (Å²) in [5.74, 6) is 0. The zero-order valence-electron chi connectivity index (χ0n) is 11.9. The molecule has 19 heavy (non-hydrogen) atoms. The summed E-state index contributed by atoms with van der Waals surface area (Å²) in [5, 5.41) is 9.65. The third-order valence-electron chi connectivity index (χ3n) is 3.84. The highest BCUT2D eigenvalue weighted by atomic mass is 79.9. The van der Waals surface area contributed by atoms with E-state index in [9.17, 15) is 5.11 Å². The zero-order valence-corrected chi connectivity index (χ0v) is 13.5. The molecular weight excluding hydrogens is 304 g/mol. The van der Waals surface area contributed by atoms with Crippen molar-refractivity contribution in [3.8, 4) is 0 Å². The second-order valence-electron chi connectivity index (χ2n) is 5.50. The molecule has 0 aromatic heterocycles. The lowest BCUT2D eigenvalue weighted by molar-refractivity contribution is 0.198. The van der Waals surface area contributed by atoms with Crippen molar-refractivity contribution in [2.45, 2.75) is 32.9 Å². The van der Waals surface area contributed by atoms with Gasteiger partial charge in [-0.05, 0) is 38.5 Å². The van der Waals surface area contributed by atoms with Crippen LogP contribution in [0.2, 0.25) is 0 Å². The Labute approximate surface area is 124 Å². The third kappa shape index (κ3) is 3.50. The molecule has 0 bridgehead atoms. The van der Waals surface area contributed by atoms with Crippen molar-refractivity contribution in [2.75, 3.05) is 31.1 Å². The van der Waals surface area contributed by atoms with E-state index in [2.05, 4.69) is 51.7 Å². The summed E-state index contributed by atoms with van der Waals surface area (Å²) in [6.07, 6.45) is -0.429. The maximum absolute atomic E-state index is 9.65. The Morgan fingerprint density at radius 2 is 1.74 bits per heavy atom. The van der Waals surface area contributed by atoms with Crippen LogP contribution in [-0.2, 0) is 0 Å². The molecule has 1 aromatic carbocycles. The molecule has 0 spiro atoms. The minimum atomic E-state index is -0.429. The summed E-state index contributed by atoms with van der Waals surface area (Å²) in [4.78, 5) is 4.92. The lowest BCUT2D eigenvalue weighted by Gasteiger charge is -2.38. The van der Waals surface area contributed by atoms with Crippen LogP contribution in [0.15, 0.2) is 22.7 Å². The number of aliphatic hydroxyl groups is 1. The average Bonchev–Trinajstić information content (AvgIpc) is 2.38. The highest BCUT2D eigenvalue weighted by Gasteiger charge is 2.19. The smallest absolute Gasteiger partial charge is 0.0772 e. The Morgan fingerprint density at radius 3 is 2.21 bits per heavy atom. The van der Waals surface area contributed by atoms with Crippen LogP contribution < -0.4 is 4.90 Å². The number of halogens is 1. The lowest BCUT2D eigenvalue weighted by atomic mass is 10.1. The third-order valence-corrected chi connectivity index (χ3v) is 4.53. The first kappa shape index (κ1) is 14.8. The average molecular weight is 327 g/mol. The molecule has 2 rings (SSSR count). The van der Waals surface area contributed by atoms with Gasteiger partial charge in [-0.3, -0.25) is 4.90 Å². The van der Waals surface area contributed by atoms with E-state index in [1.165, 1.54) is 5.69 Å². The summed E-state index contributed by atoms with van der Waals surface area (Å²) >= 11 is 3.55. The van der Waals surface area contributed by atoms with E-state index in [-0.39, 0.29) is 0 Å². The van der Waals surface area contributed by atoms with Crippen molar-refractivity contribution >= 4 is 21.6 Å². The molecule has 0 aliphatic carbocycles. The van der Waals surface area contributed by atoms with Crippen molar-refractivity contribution in [1.29, 1.82) is 0 Å². The van der Waals surface area contributed by atoms with Gasteiger partial charge in [-0.15, -0.1) is 0 Å². The van der Waals surface area contributed by atoms with Crippen LogP contribution in [0.3, 0.4) is 0 Å². The molecule has 106 valence electrons. The number of anilines is 1. The summed E-state index contributed by atoms with van der Waals surface area (Å²) in [5.41, 5.74) is 2.18. The van der Waals surface area contributed by atoms with Gasteiger partial charge in [0.1, 0.15) is 0 Å². The molecule has 0 saturated carbocycles. The zero-order chi connectivity index (χ0) is 14.0. The minimum Gasteiger partial charge on any atom is -0.389 e. The fraction of sp³-hybridized carbons (Fsp3) is 0.600. The van der Waals surface area contributed by atoms with E-state index in [0.717, 1.165) is 36.2 Å². The summed E-state index contributed by atoms with van der Waals surface area (Å²) < 4.78 is 0.992. The summed E-state index contributed by atoms with van der Waals surface area (Å²) in [6, 6.07) is 6.87. The first-order chi connectivity index (χ1) is 8.99. The van der Waals surface area contributed by atoms with Crippen molar-refractivity contribution in [2.24, 2.45) is 0 Å². The van der Waals surface area contributed by atoms with Gasteiger partial charge < -0.3 is 10.0 Å². The molecule has 1 N–H and O–H groups in total. The van der Waals surface area contributed by atoms with Crippen LogP contribution in [0.4, 0.5) is 5.69 Å². The van der Waals surface area contributed by atoms with Gasteiger partial charge in [-0.25, -0.2) is 0 Å². The number of aliphatic hydroxyl groups excluding tert-OH is 1. The molecule has 0 amide bonds. The van der Waals surface area contributed by atoms with Crippen molar-refractivity contribution in [3.63, 3.8) is 0 Å². The molecule has 1 aromatic rings. The van der Waals surface area contributed by atoms with Gasteiger partial charge in [0.2, 0.25) is 0 Å². The van der Waals surface area contributed by atoms with Crippen LogP contribution in [0.1, 0.15) is 32.4 Å². The van der Waals surface area contributed by atoms with Crippen molar-refractivity contribution in [1.82, 2.24) is 4.90 Å². The SMILES string of the molecule is CC(C)N1CCN(c2ccc([C@@H](C)O)c(Br)c2)CC1. The van der Waals surface area contributed by atoms with Gasteiger partial charge in [-0.2, -0.15) is 0 Å². The van der Waals surface area contributed by atoms with Crippen LogP contribution in [-0.4, -0.2) is 42.2 Å². The fourth-order valence-corrected chi connectivity index (χ4v) is 3.25. The Bertz CT molecular complexity index is 426. The predicted molar refractivity (Wildman–Crippen MR) is 83.7 cm³/mol. The van der Waals surface area contributed by atoms with Crippen LogP contribution in [0.5, 0.6) is 0 Å². The largest absolute Gasteiger partial charge is 0.389 e. The number of rotatable bonds is 3. The maximum atomic E-state index is 9.65. The quantitative estimate of drug-likeness (QED) is 0.924. The van der Waals surface area contributed by atoms with Crippen LogP contribution in [0.25, 0.3) is 0 Å². The van der Waals surface area contributed by atoms with Gasteiger partial charge in [0, 0.05) is 42.4 Å². The van der Waals surface area contributed by atoms with E-state index >= 15 is 0 Å². The number of nitrogens with zero attached hydrogens (tertiary/aromatic N) is 2. The van der Waals surface area contributed by atoms with E-state index in [0.29, 0.717) is 6.04 Å². The molecule has 1 aliphatic heterocycles. The molecule has 1 saturated heterocycles. The van der Waals surface area contributed by atoms with Gasteiger partial charge in [-0.1, -0.05) is 22.0 Å². The normalized spacial score (nSPS) is 18.9. The summed E-state index contributed by atoms with van der Waals surface area (Å²) in [6.45, 7) is 10.7. The van der Waals surface area contributed by atoms with E-state index in [4.69, 9.17) is 0 Å². The number of benzene rings is 1. The minimum absolute atomic E-state index is 0.429. The Morgan fingerprint density at radius 1 is 1.11 bits per heavy atom. The Kier molecular flexibility index (Phi) is 4.87. The molecule has 4 heteroatoms. The second-order valence-corrected chi connectivity index (χ2v) is 6.35. The fourth-order valence-electron chi connectivity index (χ4n) is 2.55. The summed E-state index contributed by atoms with van der Waals surface area (Å²) in [7, 11) is 0. The van der Waals surface area contributed by atoms with E-state index in [1.54, 1.807) is 6.92 Å². The first-order valence-electron chi connectivity index (χ1n) is 6.95. The number of hydrogen-bond donors (Lipinski definition) is 1. The highest BCUT2D eigenvalue weighted by Crippen LogP contribution is 2.28. The first-order valence-corrected chi connectivity index (χ1v) is 7.75. The molecule has 1 heterocycles. The molecular formula is C15H23BrN2O. The maximum Gasteiger partial charge on any atom is 0.0772 e. The topological polar surface area (TPSA) is 26.7 Å². The lowest BCUT2D eigenvalue weighted by Crippen LogP contribution is -2.48. The number of piperazine rings is 1. The monoisotopic (exact) mass is 326 g/mol. The molecule has 1 atom stereocenters. The van der Waals surface area contributed by atoms with Gasteiger partial charge in [0.05, 0.1) is 6.10 Å². The molecule has 3 nitrogen and oxygen atoms in total. The molecule has 1 aliphatic rings. The van der Waals surface area contributed by atoms with Gasteiger partial charge in [0.25, 0.3) is 0 Å². The van der Waals surface area contributed by atoms with Gasteiger partial charge >= 0.3 is 0 Å². The molecule has 0 unspecified atom stereocenters. The Balaban J connectivity index is 2.06. The molecule has 0 radical (unpaired) electrons. The standard InChI is InChI=1S/C15H23BrN2O/c1-11(2)17-6-8-18(9-7-17)13-4-5-14(12(3)19)15(16)10-13/h4-5,10-12,19H,6-9H2,1-3H3/t12-/m1/s1. The number of hydrogen-bond acceptors (Lipinski definition) is 3. The van der Waals surface area contributed by atoms with Crippen LogP contribution >= 0.6 is 15.9 Å². The second kappa shape index (κ2) is 6.25. The van der Waals surface area contributed by atoms with Gasteiger partial charge in [0.15, 0.2) is 0 Å². The predicted octanol–water partition coefficient (Wildman–Crippen LogP) is 3.03. The Hall–Kier alpha value is -0.580. The van der Waals surface area contributed by atoms with Crippen LogP contribution in [0, 0.1) is 0 Å². The van der Waals surface area contributed by atoms with E-state index < -0.39 is 6.10 Å². The van der Waals surface area contributed by atoms with E-state index in [1.807, 2.05) is 6.07 Å². The van der Waals surface area contributed by atoms with Crippen molar-refractivity contribution < 1.29 is 5.11 Å².